The van der Waals surface area contributed by atoms with Crippen molar-refractivity contribution >= 4 is 5.91 Å². The first-order valence-corrected chi connectivity index (χ1v) is 10.7. The SMILES string of the molecule is Cc1ccccc1-c1noc(CN2CCN(C(=O)c3occc3-c3ccccc3)CC2)n1. The number of hydrogen-bond donors (Lipinski definition) is 0. The van der Waals surface area contributed by atoms with E-state index in [0.717, 1.165) is 35.3 Å². The molecule has 0 unspecified atom stereocenters. The Kier molecular flexibility index (Phi) is 5.56. The van der Waals surface area contributed by atoms with Crippen LogP contribution in [0.15, 0.2) is 75.9 Å². The quantitative estimate of drug-likeness (QED) is 0.473. The van der Waals surface area contributed by atoms with Gasteiger partial charge in [-0.25, -0.2) is 0 Å². The van der Waals surface area contributed by atoms with Crippen molar-refractivity contribution in [1.82, 2.24) is 19.9 Å². The number of aromatic nitrogens is 2. The summed E-state index contributed by atoms with van der Waals surface area (Å²) in [5.41, 5.74) is 3.89. The number of amides is 1. The number of nitrogens with zero attached hydrogens (tertiary/aromatic N) is 4. The molecular weight excluding hydrogens is 404 g/mol. The lowest BCUT2D eigenvalue weighted by atomic mass is 10.1. The topological polar surface area (TPSA) is 75.6 Å². The zero-order valence-corrected chi connectivity index (χ0v) is 17.9. The van der Waals surface area contributed by atoms with Gasteiger partial charge in [0, 0.05) is 37.3 Å². The summed E-state index contributed by atoms with van der Waals surface area (Å²) in [4.78, 5) is 21.7. The first-order valence-electron chi connectivity index (χ1n) is 10.7. The molecule has 0 bridgehead atoms. The van der Waals surface area contributed by atoms with Gasteiger partial charge < -0.3 is 13.8 Å². The molecule has 0 N–H and O–H groups in total. The molecule has 2 aromatic carbocycles. The molecule has 5 rings (SSSR count). The van der Waals surface area contributed by atoms with Crippen LogP contribution in [0.1, 0.15) is 22.0 Å². The van der Waals surface area contributed by atoms with Gasteiger partial charge in [0.05, 0.1) is 12.8 Å². The molecule has 0 radical (unpaired) electrons. The van der Waals surface area contributed by atoms with E-state index in [9.17, 15) is 4.79 Å². The van der Waals surface area contributed by atoms with E-state index in [1.54, 1.807) is 6.26 Å². The first-order chi connectivity index (χ1) is 15.7. The average Bonchev–Trinajstić information content (AvgIpc) is 3.50. The Morgan fingerprint density at radius 1 is 0.938 bits per heavy atom. The normalized spacial score (nSPS) is 14.6. The fourth-order valence-corrected chi connectivity index (χ4v) is 4.02. The van der Waals surface area contributed by atoms with Gasteiger partial charge in [0.1, 0.15) is 0 Å². The summed E-state index contributed by atoms with van der Waals surface area (Å²) >= 11 is 0. The Hall–Kier alpha value is -3.71. The van der Waals surface area contributed by atoms with Crippen molar-refractivity contribution < 1.29 is 13.7 Å². The molecule has 0 atom stereocenters. The van der Waals surface area contributed by atoms with Gasteiger partial charge in [-0.2, -0.15) is 4.98 Å². The lowest BCUT2D eigenvalue weighted by Gasteiger charge is -2.33. The monoisotopic (exact) mass is 428 g/mol. The van der Waals surface area contributed by atoms with E-state index in [4.69, 9.17) is 8.94 Å². The lowest BCUT2D eigenvalue weighted by Crippen LogP contribution is -2.48. The largest absolute Gasteiger partial charge is 0.459 e. The van der Waals surface area contributed by atoms with Crippen LogP contribution in [0.25, 0.3) is 22.5 Å². The predicted octanol–water partition coefficient (Wildman–Crippen LogP) is 4.26. The van der Waals surface area contributed by atoms with Crippen LogP contribution in [0, 0.1) is 6.92 Å². The van der Waals surface area contributed by atoms with Crippen LogP contribution in [0.3, 0.4) is 0 Å². The Balaban J connectivity index is 1.21. The van der Waals surface area contributed by atoms with Crippen molar-refractivity contribution in [1.29, 1.82) is 0 Å². The third kappa shape index (κ3) is 4.07. The zero-order valence-electron chi connectivity index (χ0n) is 17.9. The molecule has 4 aromatic rings. The summed E-state index contributed by atoms with van der Waals surface area (Å²) in [7, 11) is 0. The fourth-order valence-electron chi connectivity index (χ4n) is 4.02. The Morgan fingerprint density at radius 3 is 2.47 bits per heavy atom. The zero-order chi connectivity index (χ0) is 21.9. The van der Waals surface area contributed by atoms with Gasteiger partial charge in [-0.3, -0.25) is 9.69 Å². The van der Waals surface area contributed by atoms with Gasteiger partial charge in [-0.05, 0) is 24.1 Å². The predicted molar refractivity (Wildman–Crippen MR) is 120 cm³/mol. The minimum atomic E-state index is -0.0758. The van der Waals surface area contributed by atoms with E-state index in [1.807, 2.05) is 72.5 Å². The molecule has 3 heterocycles. The van der Waals surface area contributed by atoms with Crippen molar-refractivity contribution in [2.45, 2.75) is 13.5 Å². The second-order valence-electron chi connectivity index (χ2n) is 7.92. The molecule has 1 fully saturated rings. The third-order valence-electron chi connectivity index (χ3n) is 5.82. The number of carbonyl (C=O) groups is 1. The second kappa shape index (κ2) is 8.80. The summed E-state index contributed by atoms with van der Waals surface area (Å²) < 4.78 is 11.0. The van der Waals surface area contributed by atoms with E-state index >= 15 is 0 Å². The molecule has 0 saturated carbocycles. The lowest BCUT2D eigenvalue weighted by molar-refractivity contribution is 0.0586. The summed E-state index contributed by atoms with van der Waals surface area (Å²) in [5, 5.41) is 4.14. The van der Waals surface area contributed by atoms with Crippen LogP contribution in [0.4, 0.5) is 0 Å². The molecule has 7 heteroatoms. The van der Waals surface area contributed by atoms with E-state index in [0.29, 0.717) is 37.1 Å². The van der Waals surface area contributed by atoms with Gasteiger partial charge in [-0.15, -0.1) is 0 Å². The minimum absolute atomic E-state index is 0.0758. The number of hydrogen-bond acceptors (Lipinski definition) is 6. The van der Waals surface area contributed by atoms with E-state index in [-0.39, 0.29) is 5.91 Å². The molecule has 162 valence electrons. The second-order valence-corrected chi connectivity index (χ2v) is 7.92. The van der Waals surface area contributed by atoms with Gasteiger partial charge in [0.2, 0.25) is 11.7 Å². The van der Waals surface area contributed by atoms with Crippen LogP contribution < -0.4 is 0 Å². The van der Waals surface area contributed by atoms with Crippen LogP contribution >= 0.6 is 0 Å². The molecule has 7 nitrogen and oxygen atoms in total. The van der Waals surface area contributed by atoms with Crippen LogP contribution in [0.5, 0.6) is 0 Å². The number of piperazine rings is 1. The van der Waals surface area contributed by atoms with Gasteiger partial charge in [0.25, 0.3) is 5.91 Å². The molecule has 1 amide bonds. The molecule has 1 aliphatic rings. The summed E-state index contributed by atoms with van der Waals surface area (Å²) in [5.74, 6) is 1.51. The molecule has 0 aliphatic carbocycles. The highest BCUT2D eigenvalue weighted by molar-refractivity contribution is 5.98. The smallest absolute Gasteiger partial charge is 0.290 e. The standard InChI is InChI=1S/C25H24N4O3/c1-18-7-5-6-10-20(18)24-26-22(32-27-24)17-28-12-14-29(15-13-28)25(30)23-21(11-16-31-23)19-8-3-2-4-9-19/h2-11,16H,12-15,17H2,1H3. The van der Waals surface area contributed by atoms with Crippen LogP contribution in [-0.4, -0.2) is 52.0 Å². The van der Waals surface area contributed by atoms with E-state index < -0.39 is 0 Å². The molecular formula is C25H24N4O3. The first kappa shape index (κ1) is 20.2. The number of aryl methyl sites for hydroxylation is 1. The van der Waals surface area contributed by atoms with Crippen LogP contribution in [0.2, 0.25) is 0 Å². The molecule has 0 spiro atoms. The Bertz CT molecular complexity index is 1210. The van der Waals surface area contributed by atoms with Crippen molar-refractivity contribution in [3.63, 3.8) is 0 Å². The molecule has 2 aromatic heterocycles. The average molecular weight is 428 g/mol. The minimum Gasteiger partial charge on any atom is -0.459 e. The summed E-state index contributed by atoms with van der Waals surface area (Å²) in [6.45, 7) is 5.30. The van der Waals surface area contributed by atoms with Crippen molar-refractivity contribution in [2.75, 3.05) is 26.2 Å². The highest BCUT2D eigenvalue weighted by atomic mass is 16.5. The van der Waals surface area contributed by atoms with E-state index in [2.05, 4.69) is 15.0 Å². The highest BCUT2D eigenvalue weighted by Gasteiger charge is 2.27. The molecule has 1 aliphatic heterocycles. The highest BCUT2D eigenvalue weighted by Crippen LogP contribution is 2.26. The maximum Gasteiger partial charge on any atom is 0.290 e. The van der Waals surface area contributed by atoms with Crippen molar-refractivity contribution in [3.05, 3.63) is 84.1 Å². The van der Waals surface area contributed by atoms with Gasteiger partial charge in [0.15, 0.2) is 5.76 Å². The summed E-state index contributed by atoms with van der Waals surface area (Å²) in [6.07, 6.45) is 1.58. The van der Waals surface area contributed by atoms with Gasteiger partial charge in [-0.1, -0.05) is 59.8 Å². The number of furan rings is 1. The Morgan fingerprint density at radius 2 is 1.69 bits per heavy atom. The third-order valence-corrected chi connectivity index (χ3v) is 5.82. The maximum absolute atomic E-state index is 13.1. The van der Waals surface area contributed by atoms with Gasteiger partial charge >= 0.3 is 0 Å². The number of rotatable bonds is 5. The molecule has 32 heavy (non-hydrogen) atoms. The van der Waals surface area contributed by atoms with Crippen molar-refractivity contribution in [3.8, 4) is 22.5 Å². The summed E-state index contributed by atoms with van der Waals surface area (Å²) in [6, 6.07) is 19.7. The molecule has 1 saturated heterocycles. The van der Waals surface area contributed by atoms with Crippen molar-refractivity contribution in [2.24, 2.45) is 0 Å². The van der Waals surface area contributed by atoms with Crippen LogP contribution in [-0.2, 0) is 6.54 Å². The maximum atomic E-state index is 13.1. The number of benzene rings is 2. The fraction of sp³-hybridized carbons (Fsp3) is 0.240. The Labute approximate surface area is 186 Å². The van der Waals surface area contributed by atoms with E-state index in [1.165, 1.54) is 0 Å². The number of carbonyl (C=O) groups excluding carboxylic acids is 1.